The number of hydrogen-bond donors (Lipinski definition) is 5. The molecule has 9 heteroatoms. The fourth-order valence-electron chi connectivity index (χ4n) is 2.07. The molecular formula is C18H21N5O3S. The highest BCUT2D eigenvalue weighted by atomic mass is 32.1. The molecule has 27 heavy (non-hydrogen) atoms. The molecule has 2 aromatic rings. The first-order valence-electron chi connectivity index (χ1n) is 8.23. The van der Waals surface area contributed by atoms with Crippen molar-refractivity contribution < 1.29 is 14.3 Å². The minimum absolute atomic E-state index is 0.116. The molecule has 142 valence electrons. The number of rotatable bonds is 9. The summed E-state index contributed by atoms with van der Waals surface area (Å²) in [6.07, 6.45) is 0.534. The molecule has 2 aromatic carbocycles. The maximum Gasteiger partial charge on any atom is 0.262 e. The van der Waals surface area contributed by atoms with Crippen LogP contribution >= 0.6 is 12.2 Å². The number of hydrazine groups is 1. The van der Waals surface area contributed by atoms with Gasteiger partial charge in [-0.25, -0.2) is 0 Å². The molecule has 0 aliphatic rings. The summed E-state index contributed by atoms with van der Waals surface area (Å²) in [5, 5.41) is 9.32. The summed E-state index contributed by atoms with van der Waals surface area (Å²) in [5.74, 6) is 0.293. The summed E-state index contributed by atoms with van der Waals surface area (Å²) in [6, 6.07) is 14.0. The van der Waals surface area contributed by atoms with Crippen LogP contribution < -0.4 is 31.5 Å². The summed E-state index contributed by atoms with van der Waals surface area (Å²) in [7, 11) is 0. The van der Waals surface area contributed by atoms with E-state index < -0.39 is 0 Å². The lowest BCUT2D eigenvalue weighted by atomic mass is 10.3. The van der Waals surface area contributed by atoms with E-state index in [1.807, 2.05) is 19.1 Å². The molecule has 0 spiro atoms. The Kier molecular flexibility index (Phi) is 7.86. The number of thiocarbonyl (C=S) groups is 1. The molecule has 2 rings (SSSR count). The summed E-state index contributed by atoms with van der Waals surface area (Å²) >= 11 is 5.12. The first-order chi connectivity index (χ1) is 13.1. The number of carbonyl (C=O) groups excluding carboxylic acids is 2. The molecule has 0 unspecified atom stereocenters. The van der Waals surface area contributed by atoms with Crippen LogP contribution in [0, 0.1) is 0 Å². The molecule has 0 radical (unpaired) electrons. The molecule has 8 nitrogen and oxygen atoms in total. The Morgan fingerprint density at radius 3 is 2.22 bits per heavy atom. The maximum atomic E-state index is 12.0. The molecule has 0 atom stereocenters. The Bertz CT molecular complexity index is 766. The highest BCUT2D eigenvalue weighted by Gasteiger charge is 2.04. The Labute approximate surface area is 162 Å². The lowest BCUT2D eigenvalue weighted by molar-refractivity contribution is -0.118. The second kappa shape index (κ2) is 10.6. The molecule has 5 N–H and O–H groups in total. The van der Waals surface area contributed by atoms with Crippen molar-refractivity contribution in [3.05, 3.63) is 48.5 Å². The van der Waals surface area contributed by atoms with Crippen molar-refractivity contribution in [3.8, 4) is 5.75 Å². The molecule has 2 amide bonds. The monoisotopic (exact) mass is 387 g/mol. The van der Waals surface area contributed by atoms with Gasteiger partial charge in [0.25, 0.3) is 5.91 Å². The normalized spacial score (nSPS) is 9.67. The molecule has 0 heterocycles. The van der Waals surface area contributed by atoms with Gasteiger partial charge in [-0.2, -0.15) is 0 Å². The van der Waals surface area contributed by atoms with Gasteiger partial charge in [0, 0.05) is 17.9 Å². The average molecular weight is 387 g/mol. The second-order valence-electron chi connectivity index (χ2n) is 5.31. The van der Waals surface area contributed by atoms with Crippen LogP contribution in [0.15, 0.2) is 48.5 Å². The number of ether oxygens (including phenoxy) is 1. The van der Waals surface area contributed by atoms with Crippen LogP contribution in [0.25, 0.3) is 0 Å². The molecule has 0 aromatic heterocycles. The molecule has 0 aliphatic carbocycles. The van der Waals surface area contributed by atoms with Gasteiger partial charge in [0.15, 0.2) is 11.7 Å². The summed E-state index contributed by atoms with van der Waals surface area (Å²) in [6.45, 7) is 2.60. The minimum Gasteiger partial charge on any atom is -0.484 e. The van der Waals surface area contributed by atoms with Crippen LogP contribution in [0.5, 0.6) is 5.75 Å². The van der Waals surface area contributed by atoms with Gasteiger partial charge in [-0.15, -0.1) is 0 Å². The molecule has 0 saturated carbocycles. The van der Waals surface area contributed by atoms with E-state index in [1.165, 1.54) is 0 Å². The Balaban J connectivity index is 1.77. The SMILES string of the molecule is CCNC(=S)Nc1ccc(OCC(=O)Nc2ccc(NNC=O)cc2)cc1. The smallest absolute Gasteiger partial charge is 0.262 e. The van der Waals surface area contributed by atoms with Gasteiger partial charge < -0.3 is 20.7 Å². The number of carbonyl (C=O) groups is 2. The van der Waals surface area contributed by atoms with Crippen LogP contribution in [-0.4, -0.2) is 30.6 Å². The van der Waals surface area contributed by atoms with Gasteiger partial charge in [0.05, 0.1) is 5.69 Å². The van der Waals surface area contributed by atoms with E-state index in [2.05, 4.69) is 26.8 Å². The van der Waals surface area contributed by atoms with Gasteiger partial charge in [0.2, 0.25) is 6.41 Å². The fraction of sp³-hybridized carbons (Fsp3) is 0.167. The first-order valence-corrected chi connectivity index (χ1v) is 8.64. The van der Waals surface area contributed by atoms with Crippen LogP contribution in [0.3, 0.4) is 0 Å². The van der Waals surface area contributed by atoms with E-state index in [9.17, 15) is 9.59 Å². The number of nitrogens with one attached hydrogen (secondary N) is 5. The van der Waals surface area contributed by atoms with Crippen molar-refractivity contribution in [1.29, 1.82) is 0 Å². The van der Waals surface area contributed by atoms with E-state index in [4.69, 9.17) is 17.0 Å². The van der Waals surface area contributed by atoms with Crippen LogP contribution in [0.4, 0.5) is 17.1 Å². The Hall–Kier alpha value is -3.33. The Morgan fingerprint density at radius 1 is 1.00 bits per heavy atom. The fourth-order valence-corrected chi connectivity index (χ4v) is 2.33. The van der Waals surface area contributed by atoms with Crippen molar-refractivity contribution in [2.45, 2.75) is 6.92 Å². The van der Waals surface area contributed by atoms with Gasteiger partial charge in [-0.1, -0.05) is 0 Å². The molecular weight excluding hydrogens is 366 g/mol. The lowest BCUT2D eigenvalue weighted by Gasteiger charge is -2.11. The Morgan fingerprint density at radius 2 is 1.59 bits per heavy atom. The molecule has 0 saturated heterocycles. The minimum atomic E-state index is -0.280. The van der Waals surface area contributed by atoms with Gasteiger partial charge in [-0.3, -0.25) is 20.4 Å². The number of amides is 2. The van der Waals surface area contributed by atoms with E-state index in [1.54, 1.807) is 36.4 Å². The van der Waals surface area contributed by atoms with Gasteiger partial charge in [0.1, 0.15) is 5.75 Å². The first kappa shape index (κ1) is 20.0. The van der Waals surface area contributed by atoms with Crippen LogP contribution in [0.2, 0.25) is 0 Å². The zero-order valence-corrected chi connectivity index (χ0v) is 15.6. The number of anilines is 3. The molecule has 0 aliphatic heterocycles. The van der Waals surface area contributed by atoms with E-state index in [-0.39, 0.29) is 12.5 Å². The highest BCUT2D eigenvalue weighted by molar-refractivity contribution is 7.80. The van der Waals surface area contributed by atoms with Gasteiger partial charge >= 0.3 is 0 Å². The molecule has 0 bridgehead atoms. The number of hydrogen-bond acceptors (Lipinski definition) is 5. The summed E-state index contributed by atoms with van der Waals surface area (Å²) < 4.78 is 5.47. The molecule has 0 fully saturated rings. The summed E-state index contributed by atoms with van der Waals surface area (Å²) in [4.78, 5) is 22.2. The van der Waals surface area contributed by atoms with Crippen molar-refractivity contribution in [2.24, 2.45) is 0 Å². The second-order valence-corrected chi connectivity index (χ2v) is 5.72. The predicted molar refractivity (Wildman–Crippen MR) is 110 cm³/mol. The van der Waals surface area contributed by atoms with Gasteiger partial charge in [-0.05, 0) is 67.7 Å². The van der Waals surface area contributed by atoms with Crippen molar-refractivity contribution in [3.63, 3.8) is 0 Å². The third kappa shape index (κ3) is 7.20. The van der Waals surface area contributed by atoms with E-state index in [0.717, 1.165) is 12.2 Å². The van der Waals surface area contributed by atoms with E-state index >= 15 is 0 Å². The van der Waals surface area contributed by atoms with Crippen LogP contribution in [0.1, 0.15) is 6.92 Å². The standard InChI is InChI=1S/C18H21N5O3S/c1-2-19-18(27)22-14-7-9-16(10-8-14)26-11-17(25)21-13-3-5-15(6-4-13)23-20-12-24/h3-10,12,23H,2,11H2,1H3,(H,20,24)(H,21,25)(H2,19,22,27). The number of benzene rings is 2. The predicted octanol–water partition coefficient (Wildman–Crippen LogP) is 2.08. The van der Waals surface area contributed by atoms with Crippen molar-refractivity contribution in [2.75, 3.05) is 29.2 Å². The van der Waals surface area contributed by atoms with Crippen molar-refractivity contribution in [1.82, 2.24) is 10.7 Å². The highest BCUT2D eigenvalue weighted by Crippen LogP contribution is 2.16. The zero-order valence-electron chi connectivity index (χ0n) is 14.7. The third-order valence-electron chi connectivity index (χ3n) is 3.26. The quantitative estimate of drug-likeness (QED) is 0.255. The van der Waals surface area contributed by atoms with Crippen LogP contribution in [-0.2, 0) is 9.59 Å². The lowest BCUT2D eigenvalue weighted by Crippen LogP contribution is -2.27. The third-order valence-corrected chi connectivity index (χ3v) is 3.51. The van der Waals surface area contributed by atoms with Crippen molar-refractivity contribution >= 4 is 46.7 Å². The van der Waals surface area contributed by atoms with E-state index in [0.29, 0.717) is 28.6 Å². The average Bonchev–Trinajstić information content (AvgIpc) is 2.67. The maximum absolute atomic E-state index is 12.0. The zero-order chi connectivity index (χ0) is 19.5. The largest absolute Gasteiger partial charge is 0.484 e. The summed E-state index contributed by atoms with van der Waals surface area (Å²) in [5.41, 5.74) is 7.15. The topological polar surface area (TPSA) is 104 Å².